The van der Waals surface area contributed by atoms with E-state index in [1.165, 1.54) is 6.07 Å². The van der Waals surface area contributed by atoms with Gasteiger partial charge in [-0.05, 0) is 68.4 Å². The number of hydrogen-bond acceptors (Lipinski definition) is 3. The maximum Gasteiger partial charge on any atom is 0.416 e. The zero-order valence-electron chi connectivity index (χ0n) is 15.0. The molecule has 2 N–H and O–H groups in total. The Labute approximate surface area is 159 Å². The van der Waals surface area contributed by atoms with Gasteiger partial charge < -0.3 is 10.3 Å². The van der Waals surface area contributed by atoms with Gasteiger partial charge in [-0.15, -0.1) is 0 Å². The molecule has 4 rings (SSSR count). The molecule has 1 fully saturated rings. The smallest absolute Gasteiger partial charge is 0.338 e. The third kappa shape index (κ3) is 4.01. The zero-order chi connectivity index (χ0) is 19.7. The van der Waals surface area contributed by atoms with Crippen LogP contribution in [-0.2, 0) is 11.0 Å². The molecule has 0 bridgehead atoms. The number of nitrogens with zero attached hydrogens (tertiary/aromatic N) is 2. The summed E-state index contributed by atoms with van der Waals surface area (Å²) in [6, 6.07) is 10.5. The van der Waals surface area contributed by atoms with Gasteiger partial charge in [0.2, 0.25) is 5.91 Å². The predicted octanol–water partition coefficient (Wildman–Crippen LogP) is 4.28. The molecular weight excluding hydrogens is 369 g/mol. The average molecular weight is 388 g/mol. The number of benzene rings is 2. The first-order valence-electron chi connectivity index (χ1n) is 9.08. The Morgan fingerprint density at radius 2 is 1.82 bits per heavy atom. The largest absolute Gasteiger partial charge is 0.416 e. The normalized spacial score (nSPS) is 15.2. The zero-order valence-corrected chi connectivity index (χ0v) is 15.0. The van der Waals surface area contributed by atoms with Crippen LogP contribution < -0.4 is 5.32 Å². The highest BCUT2D eigenvalue weighted by molar-refractivity contribution is 5.92. The van der Waals surface area contributed by atoms with E-state index in [1.54, 1.807) is 24.3 Å². The van der Waals surface area contributed by atoms with Crippen LogP contribution in [0, 0.1) is 0 Å². The van der Waals surface area contributed by atoms with Gasteiger partial charge in [0.15, 0.2) is 0 Å². The van der Waals surface area contributed by atoms with Crippen LogP contribution in [0.1, 0.15) is 18.4 Å². The summed E-state index contributed by atoms with van der Waals surface area (Å²) in [5, 5.41) is 2.86. The van der Waals surface area contributed by atoms with Crippen molar-refractivity contribution in [1.29, 1.82) is 0 Å². The van der Waals surface area contributed by atoms with E-state index in [0.717, 1.165) is 43.6 Å². The van der Waals surface area contributed by atoms with Crippen molar-refractivity contribution >= 4 is 22.6 Å². The number of imidazole rings is 1. The number of aromatic amines is 1. The van der Waals surface area contributed by atoms with Crippen LogP contribution in [0.5, 0.6) is 0 Å². The lowest BCUT2D eigenvalue weighted by Gasteiger charge is -2.14. The summed E-state index contributed by atoms with van der Waals surface area (Å²) < 4.78 is 38.6. The van der Waals surface area contributed by atoms with Crippen molar-refractivity contribution in [2.45, 2.75) is 19.0 Å². The van der Waals surface area contributed by atoms with E-state index < -0.39 is 11.7 Å². The number of carbonyl (C=O) groups excluding carboxylic acids is 1. The van der Waals surface area contributed by atoms with Crippen molar-refractivity contribution in [3.63, 3.8) is 0 Å². The van der Waals surface area contributed by atoms with Crippen molar-refractivity contribution < 1.29 is 18.0 Å². The minimum absolute atomic E-state index is 0.0573. The second kappa shape index (κ2) is 7.27. The highest BCUT2D eigenvalue weighted by Crippen LogP contribution is 2.31. The number of hydrogen-bond donors (Lipinski definition) is 2. The average Bonchev–Trinajstić information content (AvgIpc) is 3.30. The number of carbonyl (C=O) groups is 1. The molecule has 0 spiro atoms. The van der Waals surface area contributed by atoms with Gasteiger partial charge in [0, 0.05) is 11.3 Å². The maximum atomic E-state index is 12.9. The molecule has 0 aliphatic carbocycles. The first-order chi connectivity index (χ1) is 13.4. The number of aromatic nitrogens is 2. The van der Waals surface area contributed by atoms with Crippen LogP contribution in [0.4, 0.5) is 18.9 Å². The number of nitrogens with one attached hydrogen (secondary N) is 2. The lowest BCUT2D eigenvalue weighted by molar-refractivity contribution is -0.137. The molecule has 1 saturated heterocycles. The summed E-state index contributed by atoms with van der Waals surface area (Å²) in [5.74, 6) is 0.419. The summed E-state index contributed by atoms with van der Waals surface area (Å²) in [6.07, 6.45) is -2.14. The molecule has 1 aliphatic rings. The molecule has 2 aromatic carbocycles. The van der Waals surface area contributed by atoms with Gasteiger partial charge >= 0.3 is 6.18 Å². The molecule has 8 heteroatoms. The molecule has 0 atom stereocenters. The minimum Gasteiger partial charge on any atom is -0.338 e. The summed E-state index contributed by atoms with van der Waals surface area (Å²) >= 11 is 0. The maximum absolute atomic E-state index is 12.9. The molecule has 146 valence electrons. The van der Waals surface area contributed by atoms with Crippen molar-refractivity contribution in [2.24, 2.45) is 0 Å². The van der Waals surface area contributed by atoms with Gasteiger partial charge in [-0.1, -0.05) is 0 Å². The molecule has 0 unspecified atom stereocenters. The van der Waals surface area contributed by atoms with Gasteiger partial charge in [-0.2, -0.15) is 13.2 Å². The Balaban J connectivity index is 1.48. The minimum atomic E-state index is -4.39. The monoisotopic (exact) mass is 388 g/mol. The van der Waals surface area contributed by atoms with Crippen LogP contribution in [0.15, 0.2) is 42.5 Å². The number of rotatable bonds is 4. The lowest BCUT2D eigenvalue weighted by atomic mass is 10.2. The first-order valence-corrected chi connectivity index (χ1v) is 9.08. The fourth-order valence-electron chi connectivity index (χ4n) is 3.38. The van der Waals surface area contributed by atoms with Crippen LogP contribution in [-0.4, -0.2) is 40.4 Å². The van der Waals surface area contributed by atoms with Gasteiger partial charge in [0.1, 0.15) is 5.82 Å². The van der Waals surface area contributed by atoms with E-state index in [2.05, 4.69) is 20.2 Å². The third-order valence-electron chi connectivity index (χ3n) is 4.82. The Morgan fingerprint density at radius 1 is 1.11 bits per heavy atom. The standard InChI is InChI=1S/C20H19F3N4O/c21-20(22,23)14-5-8-16-17(11-14)26-19(25-16)13-3-6-15(7-4-13)24-18(28)12-27-9-1-2-10-27/h3-8,11H,1-2,9-10,12H2,(H,24,28)(H,25,26). The predicted molar refractivity (Wildman–Crippen MR) is 101 cm³/mol. The van der Waals surface area contributed by atoms with Crippen molar-refractivity contribution in [3.05, 3.63) is 48.0 Å². The molecule has 0 radical (unpaired) electrons. The van der Waals surface area contributed by atoms with E-state index in [4.69, 9.17) is 0 Å². The number of fused-ring (bicyclic) bond motifs is 1. The Kier molecular flexibility index (Phi) is 4.80. The molecule has 5 nitrogen and oxygen atoms in total. The second-order valence-electron chi connectivity index (χ2n) is 6.92. The number of alkyl halides is 3. The molecule has 3 aromatic rings. The number of H-pyrrole nitrogens is 1. The number of halogens is 3. The topological polar surface area (TPSA) is 61.0 Å². The molecule has 28 heavy (non-hydrogen) atoms. The molecule has 2 heterocycles. The van der Waals surface area contributed by atoms with E-state index in [-0.39, 0.29) is 5.91 Å². The summed E-state index contributed by atoms with van der Waals surface area (Å²) in [6.45, 7) is 2.29. The van der Waals surface area contributed by atoms with Crippen LogP contribution in [0.3, 0.4) is 0 Å². The Morgan fingerprint density at radius 3 is 2.50 bits per heavy atom. The van der Waals surface area contributed by atoms with Crippen molar-refractivity contribution in [3.8, 4) is 11.4 Å². The molecule has 1 aliphatic heterocycles. The summed E-state index contributed by atoms with van der Waals surface area (Å²) in [5.41, 5.74) is 1.47. The van der Waals surface area contributed by atoms with Gasteiger partial charge in [-0.25, -0.2) is 4.98 Å². The highest BCUT2D eigenvalue weighted by Gasteiger charge is 2.30. The summed E-state index contributed by atoms with van der Waals surface area (Å²) in [7, 11) is 0. The number of likely N-dealkylation sites (tertiary alicyclic amines) is 1. The van der Waals surface area contributed by atoms with E-state index in [0.29, 0.717) is 29.1 Å². The highest BCUT2D eigenvalue weighted by atomic mass is 19.4. The van der Waals surface area contributed by atoms with Crippen LogP contribution in [0.2, 0.25) is 0 Å². The van der Waals surface area contributed by atoms with Gasteiger partial charge in [-0.3, -0.25) is 9.69 Å². The van der Waals surface area contributed by atoms with Crippen LogP contribution >= 0.6 is 0 Å². The van der Waals surface area contributed by atoms with E-state index in [9.17, 15) is 18.0 Å². The number of amides is 1. The Hall–Kier alpha value is -2.87. The molecule has 1 aromatic heterocycles. The molecular formula is C20H19F3N4O. The van der Waals surface area contributed by atoms with Crippen LogP contribution in [0.25, 0.3) is 22.4 Å². The second-order valence-corrected chi connectivity index (χ2v) is 6.92. The van der Waals surface area contributed by atoms with Crippen molar-refractivity contribution in [1.82, 2.24) is 14.9 Å². The fraction of sp³-hybridized carbons (Fsp3) is 0.300. The van der Waals surface area contributed by atoms with Gasteiger partial charge in [0.25, 0.3) is 0 Å². The summed E-state index contributed by atoms with van der Waals surface area (Å²) in [4.78, 5) is 21.5. The molecule has 0 saturated carbocycles. The molecule has 1 amide bonds. The fourth-order valence-corrected chi connectivity index (χ4v) is 3.38. The van der Waals surface area contributed by atoms with E-state index >= 15 is 0 Å². The first kappa shape index (κ1) is 18.5. The lowest BCUT2D eigenvalue weighted by Crippen LogP contribution is -2.30. The SMILES string of the molecule is O=C(CN1CCCC1)Nc1ccc(-c2nc3ccc(C(F)(F)F)cc3[nH]2)cc1. The van der Waals surface area contributed by atoms with Gasteiger partial charge in [0.05, 0.1) is 23.1 Å². The quantitative estimate of drug-likeness (QED) is 0.701. The number of anilines is 1. The Bertz CT molecular complexity index is 989. The van der Waals surface area contributed by atoms with E-state index in [1.807, 2.05) is 0 Å². The third-order valence-corrected chi connectivity index (χ3v) is 4.82. The van der Waals surface area contributed by atoms with Crippen molar-refractivity contribution in [2.75, 3.05) is 25.0 Å².